The molecule has 1 fully saturated rings. The van der Waals surface area contributed by atoms with Crippen LogP contribution in [0.1, 0.15) is 23.2 Å². The van der Waals surface area contributed by atoms with Crippen molar-refractivity contribution < 1.29 is 4.79 Å². The van der Waals surface area contributed by atoms with Crippen LogP contribution in [-0.4, -0.2) is 29.3 Å². The van der Waals surface area contributed by atoms with Gasteiger partial charge in [-0.1, -0.05) is 11.6 Å². The Hall–Kier alpha value is -0.730. The maximum absolute atomic E-state index is 12.2. The number of halogens is 2. The second-order valence-corrected chi connectivity index (χ2v) is 4.70. The van der Waals surface area contributed by atoms with Crippen LogP contribution in [0.15, 0.2) is 24.3 Å². The van der Waals surface area contributed by atoms with Gasteiger partial charge in [-0.15, -0.1) is 11.6 Å². The minimum atomic E-state index is 0.0554. The van der Waals surface area contributed by atoms with Crippen LogP contribution in [0.5, 0.6) is 0 Å². The lowest BCUT2D eigenvalue weighted by Crippen LogP contribution is -2.36. The molecule has 0 spiro atoms. The highest BCUT2D eigenvalue weighted by Crippen LogP contribution is 2.21. The molecule has 0 aromatic heterocycles. The minimum Gasteiger partial charge on any atom is -0.334 e. The molecular weight excluding hydrogens is 245 g/mol. The Morgan fingerprint density at radius 2 is 2.06 bits per heavy atom. The molecule has 4 heteroatoms. The highest BCUT2D eigenvalue weighted by Gasteiger charge is 2.28. The fraction of sp³-hybridized carbons (Fsp3) is 0.417. The lowest BCUT2D eigenvalue weighted by Gasteiger charge is -2.22. The third kappa shape index (κ3) is 2.33. The zero-order valence-electron chi connectivity index (χ0n) is 8.83. The summed E-state index contributed by atoms with van der Waals surface area (Å²) in [5.41, 5.74) is 0.682. The van der Waals surface area contributed by atoms with Crippen molar-refractivity contribution in [2.75, 3.05) is 12.4 Å². The van der Waals surface area contributed by atoms with E-state index in [1.54, 1.807) is 24.3 Å². The highest BCUT2D eigenvalue weighted by molar-refractivity contribution is 6.30. The number of carbonyl (C=O) groups is 1. The van der Waals surface area contributed by atoms with Crippen LogP contribution >= 0.6 is 23.2 Å². The van der Waals surface area contributed by atoms with Crippen LogP contribution in [0, 0.1) is 0 Å². The van der Waals surface area contributed by atoms with E-state index in [4.69, 9.17) is 23.2 Å². The number of likely N-dealkylation sites (tertiary alicyclic amines) is 1. The Kier molecular flexibility index (Phi) is 3.72. The standard InChI is InChI=1S/C12H13Cl2NO/c13-8-11-2-1-7-15(11)12(16)9-3-5-10(14)6-4-9/h3-6,11H,1-2,7-8H2/t11-/m0/s1. The number of hydrogen-bond donors (Lipinski definition) is 0. The summed E-state index contributed by atoms with van der Waals surface area (Å²) in [5.74, 6) is 0.569. The normalized spacial score (nSPS) is 20.1. The monoisotopic (exact) mass is 257 g/mol. The topological polar surface area (TPSA) is 20.3 Å². The van der Waals surface area contributed by atoms with Gasteiger partial charge in [-0.3, -0.25) is 4.79 Å². The zero-order chi connectivity index (χ0) is 11.5. The van der Waals surface area contributed by atoms with Crippen LogP contribution in [0.25, 0.3) is 0 Å². The summed E-state index contributed by atoms with van der Waals surface area (Å²) in [5, 5.41) is 0.645. The first-order valence-electron chi connectivity index (χ1n) is 5.35. The van der Waals surface area contributed by atoms with Crippen molar-refractivity contribution >= 4 is 29.1 Å². The molecule has 0 bridgehead atoms. The average molecular weight is 258 g/mol. The lowest BCUT2D eigenvalue weighted by molar-refractivity contribution is 0.0749. The SMILES string of the molecule is O=C(c1ccc(Cl)cc1)N1CCC[C@H]1CCl. The Labute approximate surface area is 105 Å². The summed E-state index contributed by atoms with van der Waals surface area (Å²) in [6, 6.07) is 7.17. The minimum absolute atomic E-state index is 0.0554. The van der Waals surface area contributed by atoms with Gasteiger partial charge in [-0.25, -0.2) is 0 Å². The summed E-state index contributed by atoms with van der Waals surface area (Å²) >= 11 is 11.6. The first-order chi connectivity index (χ1) is 7.72. The number of alkyl halides is 1. The molecular formula is C12H13Cl2NO. The first-order valence-corrected chi connectivity index (χ1v) is 6.26. The van der Waals surface area contributed by atoms with Crippen LogP contribution in [0.4, 0.5) is 0 Å². The summed E-state index contributed by atoms with van der Waals surface area (Å²) < 4.78 is 0. The van der Waals surface area contributed by atoms with Crippen LogP contribution in [0.3, 0.4) is 0 Å². The Bertz CT molecular complexity index is 377. The molecule has 1 aromatic rings. The number of nitrogens with zero attached hydrogens (tertiary/aromatic N) is 1. The predicted molar refractivity (Wildman–Crippen MR) is 66.2 cm³/mol. The van der Waals surface area contributed by atoms with Gasteiger partial charge >= 0.3 is 0 Å². The Balaban J connectivity index is 2.15. The van der Waals surface area contributed by atoms with Crippen LogP contribution < -0.4 is 0 Å². The van der Waals surface area contributed by atoms with Gasteiger partial charge in [-0.2, -0.15) is 0 Å². The third-order valence-corrected chi connectivity index (χ3v) is 3.52. The fourth-order valence-corrected chi connectivity index (χ4v) is 2.47. The zero-order valence-corrected chi connectivity index (χ0v) is 10.3. The van der Waals surface area contributed by atoms with E-state index in [1.165, 1.54) is 0 Å². The molecule has 0 unspecified atom stereocenters. The number of rotatable bonds is 2. The molecule has 2 rings (SSSR count). The maximum Gasteiger partial charge on any atom is 0.254 e. The number of amides is 1. The van der Waals surface area contributed by atoms with E-state index >= 15 is 0 Å². The van der Waals surface area contributed by atoms with E-state index in [0.717, 1.165) is 19.4 Å². The molecule has 1 amide bonds. The second kappa shape index (κ2) is 5.07. The van der Waals surface area contributed by atoms with Crippen molar-refractivity contribution in [3.63, 3.8) is 0 Å². The molecule has 0 N–H and O–H groups in total. The van der Waals surface area contributed by atoms with Gasteiger partial charge in [0.2, 0.25) is 0 Å². The number of benzene rings is 1. The summed E-state index contributed by atoms with van der Waals surface area (Å²) in [6.45, 7) is 0.804. The van der Waals surface area contributed by atoms with Gasteiger partial charge in [0.15, 0.2) is 0 Å². The van der Waals surface area contributed by atoms with Gasteiger partial charge in [0.25, 0.3) is 5.91 Å². The molecule has 2 nitrogen and oxygen atoms in total. The van der Waals surface area contributed by atoms with Crippen molar-refractivity contribution in [2.45, 2.75) is 18.9 Å². The van der Waals surface area contributed by atoms with Gasteiger partial charge in [0.05, 0.1) is 0 Å². The van der Waals surface area contributed by atoms with Gasteiger partial charge in [-0.05, 0) is 37.1 Å². The van der Waals surface area contributed by atoms with Crippen molar-refractivity contribution in [3.05, 3.63) is 34.9 Å². The maximum atomic E-state index is 12.2. The van der Waals surface area contributed by atoms with E-state index < -0.39 is 0 Å². The van der Waals surface area contributed by atoms with Crippen molar-refractivity contribution in [1.29, 1.82) is 0 Å². The summed E-state index contributed by atoms with van der Waals surface area (Å²) in [4.78, 5) is 14.0. The number of carbonyl (C=O) groups excluding carboxylic acids is 1. The molecule has 86 valence electrons. The second-order valence-electron chi connectivity index (χ2n) is 3.96. The molecule has 1 aliphatic heterocycles. The lowest BCUT2D eigenvalue weighted by atomic mass is 10.2. The van der Waals surface area contributed by atoms with E-state index in [0.29, 0.717) is 16.5 Å². The predicted octanol–water partition coefficient (Wildman–Crippen LogP) is 3.18. The molecule has 1 aromatic carbocycles. The Morgan fingerprint density at radius 1 is 1.38 bits per heavy atom. The van der Waals surface area contributed by atoms with Gasteiger partial charge in [0, 0.05) is 29.1 Å². The molecule has 0 radical (unpaired) electrons. The quantitative estimate of drug-likeness (QED) is 0.746. The molecule has 1 heterocycles. The highest BCUT2D eigenvalue weighted by atomic mass is 35.5. The van der Waals surface area contributed by atoms with Crippen molar-refractivity contribution in [3.8, 4) is 0 Å². The number of hydrogen-bond acceptors (Lipinski definition) is 1. The summed E-state index contributed by atoms with van der Waals surface area (Å²) in [6.07, 6.45) is 2.04. The van der Waals surface area contributed by atoms with E-state index in [-0.39, 0.29) is 11.9 Å². The largest absolute Gasteiger partial charge is 0.334 e. The van der Waals surface area contributed by atoms with Crippen molar-refractivity contribution in [2.24, 2.45) is 0 Å². The molecule has 0 aliphatic carbocycles. The van der Waals surface area contributed by atoms with Gasteiger partial charge in [0.1, 0.15) is 0 Å². The Morgan fingerprint density at radius 3 is 2.69 bits per heavy atom. The van der Waals surface area contributed by atoms with E-state index in [1.807, 2.05) is 4.90 Å². The third-order valence-electron chi connectivity index (χ3n) is 2.91. The molecule has 1 saturated heterocycles. The molecule has 16 heavy (non-hydrogen) atoms. The average Bonchev–Trinajstić information content (AvgIpc) is 2.77. The molecule has 1 aliphatic rings. The fourth-order valence-electron chi connectivity index (χ4n) is 2.02. The smallest absolute Gasteiger partial charge is 0.254 e. The van der Waals surface area contributed by atoms with Crippen LogP contribution in [-0.2, 0) is 0 Å². The van der Waals surface area contributed by atoms with Crippen molar-refractivity contribution in [1.82, 2.24) is 4.90 Å². The summed E-state index contributed by atoms with van der Waals surface area (Å²) in [7, 11) is 0. The first kappa shape index (κ1) is 11.7. The van der Waals surface area contributed by atoms with E-state index in [2.05, 4.69) is 0 Å². The van der Waals surface area contributed by atoms with Crippen LogP contribution in [0.2, 0.25) is 5.02 Å². The van der Waals surface area contributed by atoms with Gasteiger partial charge < -0.3 is 4.90 Å². The molecule has 1 atom stereocenters. The van der Waals surface area contributed by atoms with E-state index in [9.17, 15) is 4.79 Å². The molecule has 0 saturated carbocycles.